The second-order valence-electron chi connectivity index (χ2n) is 4.38. The van der Waals surface area contributed by atoms with Crippen LogP contribution >= 0.6 is 15.9 Å². The molecule has 0 fully saturated rings. The summed E-state index contributed by atoms with van der Waals surface area (Å²) in [4.78, 5) is 0. The number of halogens is 1. The molecule has 0 saturated carbocycles. The van der Waals surface area contributed by atoms with E-state index >= 15 is 0 Å². The Hall–Kier alpha value is -2.30. The lowest BCUT2D eigenvalue weighted by Crippen LogP contribution is -1.95. The lowest BCUT2D eigenvalue weighted by molar-refractivity contribution is 0.473. The maximum atomic E-state index is 9.19. The molecule has 0 saturated heterocycles. The van der Waals surface area contributed by atoms with E-state index in [1.54, 1.807) is 24.3 Å². The molecule has 2 aromatic carbocycles. The van der Waals surface area contributed by atoms with Crippen molar-refractivity contribution >= 4 is 15.9 Å². The van der Waals surface area contributed by atoms with E-state index in [4.69, 9.17) is 10.00 Å². The van der Waals surface area contributed by atoms with Crippen molar-refractivity contribution in [2.75, 3.05) is 0 Å². The molecular weight excluding hydrogens is 316 g/mol. The van der Waals surface area contributed by atoms with E-state index in [2.05, 4.69) is 28.1 Å². The Kier molecular flexibility index (Phi) is 4.08. The summed E-state index contributed by atoms with van der Waals surface area (Å²) < 4.78 is 6.58. The number of nitrogens with zero attached hydrogens (tertiary/aromatic N) is 2. The van der Waals surface area contributed by atoms with Gasteiger partial charge in [0.25, 0.3) is 0 Å². The summed E-state index contributed by atoms with van der Waals surface area (Å²) in [6.07, 6.45) is 0. The number of benzene rings is 2. The minimum atomic E-state index is 0.454. The highest BCUT2D eigenvalue weighted by Gasteiger charge is 2.12. The summed E-state index contributed by atoms with van der Waals surface area (Å²) >= 11 is 3.33. The highest BCUT2D eigenvalue weighted by atomic mass is 79.9. The predicted octanol–water partition coefficient (Wildman–Crippen LogP) is 4.60. The number of nitriles is 2. The molecule has 3 nitrogen and oxygen atoms in total. The molecule has 0 aliphatic carbocycles. The molecular formula is C16H11BrN2O. The molecule has 0 unspecified atom stereocenters. The van der Waals surface area contributed by atoms with Gasteiger partial charge < -0.3 is 4.74 Å². The van der Waals surface area contributed by atoms with Gasteiger partial charge in [0.15, 0.2) is 0 Å². The summed E-state index contributed by atoms with van der Waals surface area (Å²) in [5, 5.41) is 18.1. The molecule has 0 aliphatic rings. The molecule has 0 bridgehead atoms. The maximum Gasteiger partial charge on any atom is 0.146 e. The molecule has 0 amide bonds. The summed E-state index contributed by atoms with van der Waals surface area (Å²) in [5.41, 5.74) is 2.79. The first-order valence-electron chi connectivity index (χ1n) is 5.94. The van der Waals surface area contributed by atoms with Crippen molar-refractivity contribution in [2.45, 2.75) is 13.8 Å². The van der Waals surface area contributed by atoms with E-state index in [9.17, 15) is 5.26 Å². The fraction of sp³-hybridized carbons (Fsp3) is 0.125. The van der Waals surface area contributed by atoms with E-state index < -0.39 is 0 Å². The molecule has 2 aromatic rings. The zero-order chi connectivity index (χ0) is 14.7. The third kappa shape index (κ3) is 2.66. The molecule has 20 heavy (non-hydrogen) atoms. The molecule has 0 radical (unpaired) electrons. The first kappa shape index (κ1) is 14.1. The maximum absolute atomic E-state index is 9.19. The average molecular weight is 327 g/mol. The largest absolute Gasteiger partial charge is 0.455 e. The van der Waals surface area contributed by atoms with Crippen molar-refractivity contribution in [3.63, 3.8) is 0 Å². The zero-order valence-corrected chi connectivity index (χ0v) is 12.7. The van der Waals surface area contributed by atoms with Gasteiger partial charge in [0, 0.05) is 4.47 Å². The number of hydrogen-bond donors (Lipinski definition) is 0. The number of rotatable bonds is 2. The first-order valence-corrected chi connectivity index (χ1v) is 6.74. The van der Waals surface area contributed by atoms with E-state index in [-0.39, 0.29) is 0 Å². The van der Waals surface area contributed by atoms with Crippen LogP contribution in [0.15, 0.2) is 34.8 Å². The van der Waals surface area contributed by atoms with Crippen LogP contribution in [0.4, 0.5) is 0 Å². The smallest absolute Gasteiger partial charge is 0.146 e. The summed E-state index contributed by atoms with van der Waals surface area (Å²) in [7, 11) is 0. The van der Waals surface area contributed by atoms with Gasteiger partial charge in [-0.1, -0.05) is 6.07 Å². The Morgan fingerprint density at radius 1 is 1.05 bits per heavy atom. The van der Waals surface area contributed by atoms with Gasteiger partial charge in [-0.05, 0) is 65.2 Å². The van der Waals surface area contributed by atoms with Crippen LogP contribution in [0, 0.1) is 36.5 Å². The average Bonchev–Trinajstić information content (AvgIpc) is 2.42. The van der Waals surface area contributed by atoms with E-state index in [0.717, 1.165) is 11.1 Å². The van der Waals surface area contributed by atoms with Crippen LogP contribution in [0.25, 0.3) is 0 Å². The van der Waals surface area contributed by atoms with Crippen molar-refractivity contribution in [2.24, 2.45) is 0 Å². The van der Waals surface area contributed by atoms with Gasteiger partial charge in [-0.2, -0.15) is 10.5 Å². The van der Waals surface area contributed by atoms with Crippen molar-refractivity contribution in [1.29, 1.82) is 10.5 Å². The van der Waals surface area contributed by atoms with Gasteiger partial charge in [0.05, 0.1) is 11.6 Å². The lowest BCUT2D eigenvalue weighted by atomic mass is 10.1. The van der Waals surface area contributed by atoms with E-state index in [1.165, 1.54) is 0 Å². The fourth-order valence-electron chi connectivity index (χ4n) is 1.98. The number of ether oxygens (including phenoxy) is 1. The minimum absolute atomic E-state index is 0.454. The van der Waals surface area contributed by atoms with Crippen LogP contribution in [0.2, 0.25) is 0 Å². The Morgan fingerprint density at radius 2 is 1.70 bits per heavy atom. The molecule has 0 N–H and O–H groups in total. The Morgan fingerprint density at radius 3 is 2.25 bits per heavy atom. The quantitative estimate of drug-likeness (QED) is 0.810. The molecule has 4 heteroatoms. The SMILES string of the molecule is Cc1cc(C#N)cc(C)c1Oc1cccc(Br)c1C#N. The molecule has 0 atom stereocenters. The van der Waals surface area contributed by atoms with Crippen LogP contribution in [-0.4, -0.2) is 0 Å². The molecule has 0 aliphatic heterocycles. The zero-order valence-electron chi connectivity index (χ0n) is 11.1. The Balaban J connectivity index is 2.50. The van der Waals surface area contributed by atoms with Crippen LogP contribution in [0.5, 0.6) is 11.5 Å². The number of aryl methyl sites for hydroxylation is 2. The highest BCUT2D eigenvalue weighted by Crippen LogP contribution is 2.34. The second kappa shape index (κ2) is 5.77. The van der Waals surface area contributed by atoms with E-state index in [1.807, 2.05) is 19.9 Å². The van der Waals surface area contributed by atoms with Crippen molar-refractivity contribution in [1.82, 2.24) is 0 Å². The molecule has 98 valence electrons. The van der Waals surface area contributed by atoms with Crippen molar-refractivity contribution < 1.29 is 4.74 Å². The third-order valence-electron chi connectivity index (χ3n) is 2.89. The molecule has 0 spiro atoms. The van der Waals surface area contributed by atoms with Crippen molar-refractivity contribution in [3.8, 4) is 23.6 Å². The minimum Gasteiger partial charge on any atom is -0.455 e. The van der Waals surface area contributed by atoms with Gasteiger partial charge in [-0.15, -0.1) is 0 Å². The monoisotopic (exact) mass is 326 g/mol. The standard InChI is InChI=1S/C16H11BrN2O/c1-10-6-12(8-18)7-11(2)16(10)20-15-5-3-4-14(17)13(15)9-19/h3-7H,1-2H3. The van der Waals surface area contributed by atoms with Gasteiger partial charge >= 0.3 is 0 Å². The van der Waals surface area contributed by atoms with Crippen LogP contribution in [-0.2, 0) is 0 Å². The number of hydrogen-bond acceptors (Lipinski definition) is 3. The lowest BCUT2D eigenvalue weighted by Gasteiger charge is -2.13. The fourth-order valence-corrected chi connectivity index (χ4v) is 2.42. The highest BCUT2D eigenvalue weighted by molar-refractivity contribution is 9.10. The summed E-state index contributed by atoms with van der Waals surface area (Å²) in [5.74, 6) is 1.18. The van der Waals surface area contributed by atoms with E-state index in [0.29, 0.717) is 27.1 Å². The topological polar surface area (TPSA) is 56.8 Å². The van der Waals surface area contributed by atoms with Crippen LogP contribution < -0.4 is 4.74 Å². The normalized spacial score (nSPS) is 9.65. The predicted molar refractivity (Wildman–Crippen MR) is 79.6 cm³/mol. The third-order valence-corrected chi connectivity index (χ3v) is 3.55. The molecule has 0 heterocycles. The van der Waals surface area contributed by atoms with Gasteiger partial charge in [-0.25, -0.2) is 0 Å². The second-order valence-corrected chi connectivity index (χ2v) is 5.23. The van der Waals surface area contributed by atoms with Crippen LogP contribution in [0.1, 0.15) is 22.3 Å². The Labute approximate surface area is 126 Å². The van der Waals surface area contributed by atoms with Gasteiger partial charge in [-0.3, -0.25) is 0 Å². The summed E-state index contributed by atoms with van der Waals surface area (Å²) in [6.45, 7) is 3.76. The molecule has 2 rings (SSSR count). The summed E-state index contributed by atoms with van der Waals surface area (Å²) in [6, 6.07) is 13.1. The van der Waals surface area contributed by atoms with Gasteiger partial charge in [0.2, 0.25) is 0 Å². The van der Waals surface area contributed by atoms with Gasteiger partial charge in [0.1, 0.15) is 23.1 Å². The Bertz CT molecular complexity index is 731. The van der Waals surface area contributed by atoms with Crippen molar-refractivity contribution in [3.05, 3.63) is 57.1 Å². The first-order chi connectivity index (χ1) is 9.56. The molecule has 0 aromatic heterocycles. The van der Waals surface area contributed by atoms with Crippen LogP contribution in [0.3, 0.4) is 0 Å².